The summed E-state index contributed by atoms with van der Waals surface area (Å²) in [7, 11) is 5.77. The minimum atomic E-state index is -0.139. The van der Waals surface area contributed by atoms with E-state index < -0.39 is 0 Å². The van der Waals surface area contributed by atoms with E-state index in [1.807, 2.05) is 43.3 Å². The van der Waals surface area contributed by atoms with E-state index in [-0.39, 0.29) is 11.8 Å². The number of hydrogen-bond donors (Lipinski definition) is 1. The Morgan fingerprint density at radius 3 is 2.26 bits per heavy atom. The van der Waals surface area contributed by atoms with Crippen molar-refractivity contribution in [2.24, 2.45) is 0 Å². The first-order chi connectivity index (χ1) is 10.9. The third-order valence-corrected chi connectivity index (χ3v) is 4.32. The molecule has 122 valence electrons. The molecule has 23 heavy (non-hydrogen) atoms. The highest BCUT2D eigenvalue weighted by Gasteiger charge is 2.15. The molecule has 6 heteroatoms. The molecule has 0 aliphatic heterocycles. The molecule has 0 aliphatic rings. The van der Waals surface area contributed by atoms with Crippen molar-refractivity contribution in [2.45, 2.75) is 13.5 Å². The Morgan fingerprint density at radius 2 is 1.70 bits per heavy atom. The predicted molar refractivity (Wildman–Crippen MR) is 95.2 cm³/mol. The first kappa shape index (κ1) is 17.0. The average Bonchev–Trinajstić information content (AvgIpc) is 2.94. The fourth-order valence-electron chi connectivity index (χ4n) is 2.13. The van der Waals surface area contributed by atoms with Crippen LogP contribution in [0.2, 0.25) is 0 Å². The minimum absolute atomic E-state index is 0.0525. The number of nitrogens with zero attached hydrogens (tertiary/aromatic N) is 2. The van der Waals surface area contributed by atoms with Gasteiger partial charge in [-0.25, -0.2) is 0 Å². The second-order valence-corrected chi connectivity index (χ2v) is 6.65. The maximum absolute atomic E-state index is 12.4. The molecule has 2 rings (SSSR count). The van der Waals surface area contributed by atoms with Crippen molar-refractivity contribution in [3.63, 3.8) is 0 Å². The van der Waals surface area contributed by atoms with Crippen LogP contribution in [0.4, 0.5) is 10.7 Å². The molecule has 1 N–H and O–H groups in total. The summed E-state index contributed by atoms with van der Waals surface area (Å²) in [4.78, 5) is 27.8. The van der Waals surface area contributed by atoms with Gasteiger partial charge in [-0.2, -0.15) is 0 Å². The van der Waals surface area contributed by atoms with Gasteiger partial charge in [0.25, 0.3) is 5.91 Å². The largest absolute Gasteiger partial charge is 0.378 e. The molecule has 0 spiro atoms. The molecule has 0 fully saturated rings. The molecule has 5 nitrogen and oxygen atoms in total. The molecule has 0 aliphatic carbocycles. The summed E-state index contributed by atoms with van der Waals surface area (Å²) >= 11 is 1.28. The van der Waals surface area contributed by atoms with Crippen LogP contribution in [0.15, 0.2) is 36.4 Å². The summed E-state index contributed by atoms with van der Waals surface area (Å²) in [6, 6.07) is 11.6. The summed E-state index contributed by atoms with van der Waals surface area (Å²) in [6.07, 6.45) is 0. The fraction of sp³-hybridized carbons (Fsp3) is 0.294. The zero-order chi connectivity index (χ0) is 17.0. The lowest BCUT2D eigenvalue weighted by atomic mass is 10.2. The molecule has 0 unspecified atom stereocenters. The lowest BCUT2D eigenvalue weighted by molar-refractivity contribution is -0.114. The van der Waals surface area contributed by atoms with Gasteiger partial charge in [-0.15, -0.1) is 11.3 Å². The molecule has 0 bridgehead atoms. The van der Waals surface area contributed by atoms with Crippen molar-refractivity contribution >= 4 is 33.8 Å². The van der Waals surface area contributed by atoms with Gasteiger partial charge >= 0.3 is 0 Å². The summed E-state index contributed by atoms with van der Waals surface area (Å²) in [5, 5.41) is 3.37. The Hall–Kier alpha value is -2.34. The lowest BCUT2D eigenvalue weighted by Crippen LogP contribution is -2.25. The first-order valence-corrected chi connectivity index (χ1v) is 8.07. The molecule has 0 atom stereocenters. The van der Waals surface area contributed by atoms with Crippen molar-refractivity contribution in [3.8, 4) is 0 Å². The molecule has 1 aromatic heterocycles. The Balaban J connectivity index is 2.01. The molecular weight excluding hydrogens is 310 g/mol. The highest BCUT2D eigenvalue weighted by Crippen LogP contribution is 2.23. The zero-order valence-electron chi connectivity index (χ0n) is 13.8. The van der Waals surface area contributed by atoms with E-state index in [9.17, 15) is 9.59 Å². The van der Waals surface area contributed by atoms with E-state index >= 15 is 0 Å². The molecule has 2 amide bonds. The van der Waals surface area contributed by atoms with Crippen molar-refractivity contribution in [1.82, 2.24) is 4.90 Å². The number of carbonyl (C=O) groups is 2. The van der Waals surface area contributed by atoms with E-state index in [1.54, 1.807) is 24.1 Å². The van der Waals surface area contributed by atoms with Crippen molar-refractivity contribution < 1.29 is 9.59 Å². The van der Waals surface area contributed by atoms with Gasteiger partial charge in [0.15, 0.2) is 0 Å². The van der Waals surface area contributed by atoms with E-state index in [4.69, 9.17) is 0 Å². The molecular formula is C17H21N3O2S. The number of thiophene rings is 1. The number of amides is 2. The van der Waals surface area contributed by atoms with Crippen molar-refractivity contribution in [1.29, 1.82) is 0 Å². The molecule has 2 aromatic rings. The fourth-order valence-corrected chi connectivity index (χ4v) is 3.07. The molecule has 0 saturated carbocycles. The quantitative estimate of drug-likeness (QED) is 0.916. The van der Waals surface area contributed by atoms with Crippen LogP contribution in [0.5, 0.6) is 0 Å². The first-order valence-electron chi connectivity index (χ1n) is 7.26. The van der Waals surface area contributed by atoms with E-state index in [1.165, 1.54) is 18.3 Å². The number of rotatable bonds is 5. The van der Waals surface area contributed by atoms with E-state index in [2.05, 4.69) is 5.32 Å². The van der Waals surface area contributed by atoms with Gasteiger partial charge in [-0.05, 0) is 29.8 Å². The SMILES string of the molecule is CC(=O)Nc1ccc(C(=O)N(C)Cc2ccc(N(C)C)cc2)s1. The van der Waals surface area contributed by atoms with Gasteiger partial charge < -0.3 is 15.1 Å². The van der Waals surface area contributed by atoms with Crippen molar-refractivity contribution in [3.05, 3.63) is 46.8 Å². The van der Waals surface area contributed by atoms with Crippen LogP contribution in [-0.4, -0.2) is 37.9 Å². The van der Waals surface area contributed by atoms with Gasteiger partial charge in [0.1, 0.15) is 0 Å². The topological polar surface area (TPSA) is 52.7 Å². The third kappa shape index (κ3) is 4.56. The lowest BCUT2D eigenvalue weighted by Gasteiger charge is -2.17. The van der Waals surface area contributed by atoms with Gasteiger partial charge in [0, 0.05) is 40.3 Å². The van der Waals surface area contributed by atoms with Crippen LogP contribution in [0.1, 0.15) is 22.2 Å². The summed E-state index contributed by atoms with van der Waals surface area (Å²) < 4.78 is 0. The maximum Gasteiger partial charge on any atom is 0.264 e. The average molecular weight is 331 g/mol. The predicted octanol–water partition coefficient (Wildman–Crippen LogP) is 3.04. The smallest absolute Gasteiger partial charge is 0.264 e. The number of anilines is 2. The van der Waals surface area contributed by atoms with E-state index in [0.29, 0.717) is 16.4 Å². The normalized spacial score (nSPS) is 10.3. The van der Waals surface area contributed by atoms with Gasteiger partial charge in [-0.1, -0.05) is 12.1 Å². The second kappa shape index (κ2) is 7.28. The van der Waals surface area contributed by atoms with Crippen LogP contribution in [0, 0.1) is 0 Å². The molecule has 1 aromatic carbocycles. The monoisotopic (exact) mass is 331 g/mol. The minimum Gasteiger partial charge on any atom is -0.378 e. The van der Waals surface area contributed by atoms with E-state index in [0.717, 1.165) is 11.3 Å². The van der Waals surface area contributed by atoms with Gasteiger partial charge in [0.05, 0.1) is 9.88 Å². The Labute approximate surface area is 140 Å². The van der Waals surface area contributed by atoms with Crippen LogP contribution in [-0.2, 0) is 11.3 Å². The van der Waals surface area contributed by atoms with Crippen LogP contribution < -0.4 is 10.2 Å². The zero-order valence-corrected chi connectivity index (χ0v) is 14.6. The highest BCUT2D eigenvalue weighted by atomic mass is 32.1. The number of carbonyl (C=O) groups excluding carboxylic acids is 2. The third-order valence-electron chi connectivity index (χ3n) is 3.34. The molecule has 0 saturated heterocycles. The van der Waals surface area contributed by atoms with Crippen LogP contribution in [0.3, 0.4) is 0 Å². The maximum atomic E-state index is 12.4. The standard InChI is InChI=1S/C17H21N3O2S/c1-12(21)18-16-10-9-15(23-16)17(22)20(4)11-13-5-7-14(8-6-13)19(2)3/h5-10H,11H2,1-4H3,(H,18,21). The number of nitrogens with one attached hydrogen (secondary N) is 1. The summed E-state index contributed by atoms with van der Waals surface area (Å²) in [5.74, 6) is -0.191. The van der Waals surface area contributed by atoms with Crippen LogP contribution >= 0.6 is 11.3 Å². The second-order valence-electron chi connectivity index (χ2n) is 5.57. The Morgan fingerprint density at radius 1 is 1.04 bits per heavy atom. The summed E-state index contributed by atoms with van der Waals surface area (Å²) in [5.41, 5.74) is 2.20. The van der Waals surface area contributed by atoms with Crippen molar-refractivity contribution in [2.75, 3.05) is 31.4 Å². The Kier molecular flexibility index (Phi) is 5.39. The van der Waals surface area contributed by atoms with Gasteiger partial charge in [0.2, 0.25) is 5.91 Å². The molecule has 0 radical (unpaired) electrons. The van der Waals surface area contributed by atoms with Gasteiger partial charge in [-0.3, -0.25) is 9.59 Å². The highest BCUT2D eigenvalue weighted by molar-refractivity contribution is 7.18. The molecule has 1 heterocycles. The summed E-state index contributed by atoms with van der Waals surface area (Å²) in [6.45, 7) is 1.99. The van der Waals surface area contributed by atoms with Crippen LogP contribution in [0.25, 0.3) is 0 Å². The number of hydrogen-bond acceptors (Lipinski definition) is 4. The Bertz CT molecular complexity index is 692. The number of benzene rings is 1.